The predicted molar refractivity (Wildman–Crippen MR) is 90.2 cm³/mol. The fraction of sp³-hybridized carbons (Fsp3) is 0.611. The number of carbonyl (C=O) groups is 1. The van der Waals surface area contributed by atoms with Gasteiger partial charge in [0.15, 0.2) is 0 Å². The summed E-state index contributed by atoms with van der Waals surface area (Å²) in [6.07, 6.45) is 7.30. The van der Waals surface area contributed by atoms with Crippen LogP contribution in [0.4, 0.5) is 16.2 Å². The average molecular weight is 315 g/mol. The molecule has 4 rings (SSSR count). The van der Waals surface area contributed by atoms with Gasteiger partial charge < -0.3 is 15.7 Å². The molecule has 1 aliphatic heterocycles. The Bertz CT molecular complexity index is 616. The second kappa shape index (κ2) is 5.41. The molecule has 2 amide bonds. The van der Waals surface area contributed by atoms with Gasteiger partial charge in [-0.05, 0) is 49.7 Å². The molecule has 23 heavy (non-hydrogen) atoms. The zero-order valence-corrected chi connectivity index (χ0v) is 13.6. The Labute approximate surface area is 137 Å². The van der Waals surface area contributed by atoms with Gasteiger partial charge in [-0.2, -0.15) is 0 Å². The molecule has 124 valence electrons. The summed E-state index contributed by atoms with van der Waals surface area (Å²) in [6, 6.07) is 7.52. The molecule has 0 spiro atoms. The summed E-state index contributed by atoms with van der Waals surface area (Å²) in [5.74, 6) is 0.277. The maximum Gasteiger partial charge on any atom is 0.325 e. The van der Waals surface area contributed by atoms with Crippen LogP contribution >= 0.6 is 0 Å². The van der Waals surface area contributed by atoms with Crippen LogP contribution in [0.5, 0.6) is 0 Å². The van der Waals surface area contributed by atoms with Gasteiger partial charge in [0.1, 0.15) is 0 Å². The summed E-state index contributed by atoms with van der Waals surface area (Å²) in [5, 5.41) is 16.8. The number of amides is 2. The van der Waals surface area contributed by atoms with Gasteiger partial charge in [0.05, 0.1) is 11.4 Å². The van der Waals surface area contributed by atoms with E-state index < -0.39 is 5.85 Å². The third kappa shape index (κ3) is 2.57. The van der Waals surface area contributed by atoms with Gasteiger partial charge in [-0.1, -0.05) is 25.0 Å². The fourth-order valence-corrected chi connectivity index (χ4v) is 4.44. The quantitative estimate of drug-likeness (QED) is 0.745. The third-order valence-electron chi connectivity index (χ3n) is 5.77. The first-order valence-electron chi connectivity index (χ1n) is 8.75. The number of para-hydroxylation sites is 2. The Morgan fingerprint density at radius 3 is 2.83 bits per heavy atom. The Balaban J connectivity index is 1.50. The standard InChI is InChI=1S/C18H25N3O2/c1-18(23)20-15-7-2-3-8-16(15)21(18)17(22)19-14-6-4-5-12-9-10-13(12)11-14/h2-3,7-8,12-14,20,23H,4-6,9-11H2,1H3,(H,19,22). The highest BCUT2D eigenvalue weighted by atomic mass is 16.3. The van der Waals surface area contributed by atoms with Gasteiger partial charge in [0.2, 0.25) is 5.85 Å². The molecule has 4 atom stereocenters. The van der Waals surface area contributed by atoms with Crippen molar-refractivity contribution in [3.63, 3.8) is 0 Å². The Kier molecular flexibility index (Phi) is 3.48. The highest BCUT2D eigenvalue weighted by Crippen LogP contribution is 2.44. The van der Waals surface area contributed by atoms with E-state index in [0.717, 1.165) is 36.1 Å². The van der Waals surface area contributed by atoms with Crippen LogP contribution in [0.3, 0.4) is 0 Å². The molecule has 2 aliphatic carbocycles. The van der Waals surface area contributed by atoms with Gasteiger partial charge >= 0.3 is 6.03 Å². The number of nitrogens with zero attached hydrogens (tertiary/aromatic N) is 1. The molecule has 5 heteroatoms. The van der Waals surface area contributed by atoms with Gasteiger partial charge in [-0.3, -0.25) is 0 Å². The fourth-order valence-electron chi connectivity index (χ4n) is 4.44. The van der Waals surface area contributed by atoms with E-state index >= 15 is 0 Å². The number of rotatable bonds is 1. The number of carbonyl (C=O) groups excluding carboxylic acids is 1. The molecule has 5 nitrogen and oxygen atoms in total. The number of anilines is 2. The summed E-state index contributed by atoms with van der Waals surface area (Å²) >= 11 is 0. The molecular formula is C18H25N3O2. The lowest BCUT2D eigenvalue weighted by Gasteiger charge is -2.37. The second-order valence-electron chi connectivity index (χ2n) is 7.41. The predicted octanol–water partition coefficient (Wildman–Crippen LogP) is 3.26. The maximum atomic E-state index is 12.8. The van der Waals surface area contributed by atoms with Crippen LogP contribution in [0.1, 0.15) is 45.4 Å². The van der Waals surface area contributed by atoms with Crippen molar-refractivity contribution in [1.82, 2.24) is 5.32 Å². The molecule has 0 radical (unpaired) electrons. The zero-order valence-electron chi connectivity index (χ0n) is 13.6. The van der Waals surface area contributed by atoms with Crippen LogP contribution in [0, 0.1) is 11.8 Å². The van der Waals surface area contributed by atoms with Crippen molar-refractivity contribution in [3.8, 4) is 0 Å². The van der Waals surface area contributed by atoms with E-state index in [-0.39, 0.29) is 12.1 Å². The average Bonchev–Trinajstić information content (AvgIpc) is 2.68. The van der Waals surface area contributed by atoms with Crippen LogP contribution in [0.2, 0.25) is 0 Å². The molecule has 0 aromatic heterocycles. The number of hydrogen-bond donors (Lipinski definition) is 3. The van der Waals surface area contributed by atoms with Crippen LogP contribution in [0.15, 0.2) is 24.3 Å². The number of fused-ring (bicyclic) bond motifs is 2. The van der Waals surface area contributed by atoms with Gasteiger partial charge in [-0.25, -0.2) is 9.69 Å². The van der Waals surface area contributed by atoms with E-state index in [1.807, 2.05) is 24.3 Å². The number of aliphatic hydroxyl groups is 1. The molecule has 3 aliphatic rings. The minimum atomic E-state index is -1.39. The first-order chi connectivity index (χ1) is 11.0. The van der Waals surface area contributed by atoms with E-state index in [9.17, 15) is 9.90 Å². The van der Waals surface area contributed by atoms with Crippen LogP contribution < -0.4 is 15.5 Å². The highest BCUT2D eigenvalue weighted by Gasteiger charge is 2.43. The van der Waals surface area contributed by atoms with E-state index in [2.05, 4.69) is 10.6 Å². The van der Waals surface area contributed by atoms with E-state index in [4.69, 9.17) is 0 Å². The molecule has 1 aromatic rings. The summed E-state index contributed by atoms with van der Waals surface area (Å²) < 4.78 is 0. The van der Waals surface area contributed by atoms with Crippen molar-refractivity contribution in [2.24, 2.45) is 11.8 Å². The number of nitrogens with one attached hydrogen (secondary N) is 2. The number of hydrogen-bond acceptors (Lipinski definition) is 3. The normalized spacial score (nSPS) is 35.4. The maximum absolute atomic E-state index is 12.8. The monoisotopic (exact) mass is 315 g/mol. The topological polar surface area (TPSA) is 64.6 Å². The molecule has 1 aromatic carbocycles. The van der Waals surface area contributed by atoms with Crippen LogP contribution in [0.25, 0.3) is 0 Å². The smallest absolute Gasteiger partial charge is 0.325 e. The van der Waals surface area contributed by atoms with Crippen molar-refractivity contribution >= 4 is 17.4 Å². The van der Waals surface area contributed by atoms with E-state index in [1.165, 1.54) is 30.6 Å². The molecular weight excluding hydrogens is 290 g/mol. The number of benzene rings is 1. The van der Waals surface area contributed by atoms with Crippen LogP contribution in [-0.2, 0) is 0 Å². The highest BCUT2D eigenvalue weighted by molar-refractivity contribution is 6.00. The Morgan fingerprint density at radius 1 is 1.26 bits per heavy atom. The summed E-state index contributed by atoms with van der Waals surface area (Å²) in [7, 11) is 0. The molecule has 0 bridgehead atoms. The molecule has 2 saturated carbocycles. The number of urea groups is 1. The first kappa shape index (κ1) is 14.8. The summed E-state index contributed by atoms with van der Waals surface area (Å²) in [6.45, 7) is 1.61. The Hall–Kier alpha value is -1.75. The van der Waals surface area contributed by atoms with Gasteiger partial charge in [0, 0.05) is 13.0 Å². The molecule has 3 N–H and O–H groups in total. The van der Waals surface area contributed by atoms with Crippen molar-refractivity contribution in [1.29, 1.82) is 0 Å². The van der Waals surface area contributed by atoms with Crippen LogP contribution in [-0.4, -0.2) is 23.0 Å². The molecule has 2 fully saturated rings. The third-order valence-corrected chi connectivity index (χ3v) is 5.77. The largest absolute Gasteiger partial charge is 0.354 e. The van der Waals surface area contributed by atoms with Crippen molar-refractivity contribution in [2.75, 3.05) is 10.2 Å². The minimum Gasteiger partial charge on any atom is -0.354 e. The zero-order chi connectivity index (χ0) is 16.0. The lowest BCUT2D eigenvalue weighted by atomic mass is 9.70. The van der Waals surface area contributed by atoms with Crippen molar-refractivity contribution in [3.05, 3.63) is 24.3 Å². The summed E-state index contributed by atoms with van der Waals surface area (Å²) in [5.41, 5.74) is 1.51. The molecule has 0 saturated heterocycles. The second-order valence-corrected chi connectivity index (χ2v) is 7.41. The van der Waals surface area contributed by atoms with Gasteiger partial charge in [0.25, 0.3) is 0 Å². The first-order valence-corrected chi connectivity index (χ1v) is 8.75. The molecule has 4 unspecified atom stereocenters. The van der Waals surface area contributed by atoms with E-state index in [0.29, 0.717) is 0 Å². The van der Waals surface area contributed by atoms with Crippen molar-refractivity contribution < 1.29 is 9.90 Å². The summed E-state index contributed by atoms with van der Waals surface area (Å²) in [4.78, 5) is 14.3. The van der Waals surface area contributed by atoms with E-state index in [1.54, 1.807) is 6.92 Å². The van der Waals surface area contributed by atoms with Crippen molar-refractivity contribution in [2.45, 2.75) is 57.3 Å². The molecule has 1 heterocycles. The lowest BCUT2D eigenvalue weighted by molar-refractivity contribution is 0.0964. The SMILES string of the molecule is CC1(O)Nc2ccccc2N1C(=O)NC1CCCC2CCC2C1. The Morgan fingerprint density at radius 2 is 2.04 bits per heavy atom. The van der Waals surface area contributed by atoms with Gasteiger partial charge in [-0.15, -0.1) is 0 Å². The lowest BCUT2D eigenvalue weighted by Crippen LogP contribution is -2.56. The minimum absolute atomic E-state index is 0.213.